The van der Waals surface area contributed by atoms with Gasteiger partial charge in [-0.1, -0.05) is 0 Å². The van der Waals surface area contributed by atoms with Crippen LogP contribution in [0.15, 0.2) is 22.8 Å². The maximum atomic E-state index is 12.8. The normalized spacial score (nSPS) is 11.7. The van der Waals surface area contributed by atoms with Crippen LogP contribution in [-0.2, 0) is 24.8 Å². The summed E-state index contributed by atoms with van der Waals surface area (Å²) in [6, 6.07) is 3.11. The van der Waals surface area contributed by atoms with Crippen LogP contribution in [0.25, 0.3) is 0 Å². The number of hydrogen-bond donors (Lipinski definition) is 0. The number of aromatic nitrogens is 2. The molecule has 2 aromatic rings. The lowest BCUT2D eigenvalue weighted by Gasteiger charge is -2.23. The molecule has 0 saturated heterocycles. The quantitative estimate of drug-likeness (QED) is 0.847. The molecule has 0 radical (unpaired) electrons. The highest BCUT2D eigenvalue weighted by atomic mass is 19.4. The van der Waals surface area contributed by atoms with Gasteiger partial charge in [0.1, 0.15) is 12.3 Å². The number of carbonyl (C=O) groups is 1. The highest BCUT2D eigenvalue weighted by Crippen LogP contribution is 2.20. The van der Waals surface area contributed by atoms with Gasteiger partial charge < -0.3 is 9.32 Å². The van der Waals surface area contributed by atoms with Gasteiger partial charge in [0.25, 0.3) is 0 Å². The number of hydrogen-bond acceptors (Lipinski definition) is 3. The topological polar surface area (TPSA) is 51.3 Å². The Morgan fingerprint density at radius 1 is 1.39 bits per heavy atom. The summed E-state index contributed by atoms with van der Waals surface area (Å²) in [5, 5.41) is 4.18. The molecular formula is C15H18F3N3O2. The summed E-state index contributed by atoms with van der Waals surface area (Å²) >= 11 is 0. The zero-order chi connectivity index (χ0) is 17.2. The van der Waals surface area contributed by atoms with Crippen LogP contribution < -0.4 is 0 Å². The van der Waals surface area contributed by atoms with Gasteiger partial charge in [0.2, 0.25) is 5.91 Å². The number of nitrogens with zero attached hydrogens (tertiary/aromatic N) is 3. The van der Waals surface area contributed by atoms with Crippen molar-refractivity contribution in [2.75, 3.05) is 6.54 Å². The summed E-state index contributed by atoms with van der Waals surface area (Å²) < 4.78 is 44.9. The van der Waals surface area contributed by atoms with Gasteiger partial charge in [0.05, 0.1) is 24.9 Å². The van der Waals surface area contributed by atoms with Crippen LogP contribution in [0.5, 0.6) is 0 Å². The Labute approximate surface area is 131 Å². The number of amides is 1. The van der Waals surface area contributed by atoms with Crippen molar-refractivity contribution in [2.24, 2.45) is 7.05 Å². The maximum Gasteiger partial charge on any atom is 0.406 e. The van der Waals surface area contributed by atoms with Crippen LogP contribution in [0.1, 0.15) is 22.7 Å². The van der Waals surface area contributed by atoms with E-state index in [4.69, 9.17) is 4.42 Å². The third-order valence-electron chi connectivity index (χ3n) is 3.64. The second-order valence-electron chi connectivity index (χ2n) is 5.39. The fourth-order valence-electron chi connectivity index (χ4n) is 2.38. The highest BCUT2D eigenvalue weighted by molar-refractivity contribution is 5.79. The van der Waals surface area contributed by atoms with Crippen LogP contribution in [0.4, 0.5) is 13.2 Å². The molecule has 0 fully saturated rings. The van der Waals surface area contributed by atoms with Crippen molar-refractivity contribution in [1.82, 2.24) is 14.7 Å². The van der Waals surface area contributed by atoms with Crippen molar-refractivity contribution in [3.63, 3.8) is 0 Å². The lowest BCUT2D eigenvalue weighted by molar-refractivity contribution is -0.162. The smallest absolute Gasteiger partial charge is 0.406 e. The first-order valence-corrected chi connectivity index (χ1v) is 7.03. The van der Waals surface area contributed by atoms with Gasteiger partial charge in [-0.15, -0.1) is 0 Å². The molecule has 2 aromatic heterocycles. The predicted molar refractivity (Wildman–Crippen MR) is 76.6 cm³/mol. The van der Waals surface area contributed by atoms with Gasteiger partial charge in [-0.2, -0.15) is 18.3 Å². The van der Waals surface area contributed by atoms with Gasteiger partial charge in [-0.25, -0.2) is 0 Å². The van der Waals surface area contributed by atoms with E-state index in [1.165, 1.54) is 12.3 Å². The van der Waals surface area contributed by atoms with Gasteiger partial charge in [0, 0.05) is 18.3 Å². The molecule has 0 aliphatic rings. The van der Waals surface area contributed by atoms with Crippen LogP contribution in [0, 0.1) is 13.8 Å². The van der Waals surface area contributed by atoms with Crippen molar-refractivity contribution >= 4 is 5.91 Å². The summed E-state index contributed by atoms with van der Waals surface area (Å²) in [7, 11) is 1.73. The van der Waals surface area contributed by atoms with E-state index in [1.54, 1.807) is 31.6 Å². The first-order chi connectivity index (χ1) is 10.7. The molecule has 0 N–H and O–H groups in total. The van der Waals surface area contributed by atoms with Gasteiger partial charge in [0.15, 0.2) is 0 Å². The van der Waals surface area contributed by atoms with Crippen molar-refractivity contribution in [3.05, 3.63) is 41.1 Å². The lowest BCUT2D eigenvalue weighted by Crippen LogP contribution is -2.39. The number of alkyl halides is 3. The molecule has 23 heavy (non-hydrogen) atoms. The third-order valence-corrected chi connectivity index (χ3v) is 3.64. The molecule has 1 amide bonds. The molecule has 0 aliphatic carbocycles. The monoisotopic (exact) mass is 329 g/mol. The van der Waals surface area contributed by atoms with Crippen LogP contribution in [0.2, 0.25) is 0 Å². The van der Waals surface area contributed by atoms with E-state index in [-0.39, 0.29) is 13.0 Å². The van der Waals surface area contributed by atoms with Crippen LogP contribution in [-0.4, -0.2) is 33.3 Å². The molecule has 0 aromatic carbocycles. The molecule has 0 aliphatic heterocycles. The zero-order valence-corrected chi connectivity index (χ0v) is 13.1. The molecule has 0 bridgehead atoms. The number of rotatable bonds is 5. The molecular weight excluding hydrogens is 311 g/mol. The summed E-state index contributed by atoms with van der Waals surface area (Å²) in [6.45, 7) is 1.98. The van der Waals surface area contributed by atoms with Crippen LogP contribution in [0.3, 0.4) is 0 Å². The minimum Gasteiger partial charge on any atom is -0.467 e. The largest absolute Gasteiger partial charge is 0.467 e. The average Bonchev–Trinajstić information content (AvgIpc) is 3.01. The van der Waals surface area contributed by atoms with Crippen LogP contribution >= 0.6 is 0 Å². The van der Waals surface area contributed by atoms with E-state index < -0.39 is 18.6 Å². The molecule has 126 valence electrons. The van der Waals surface area contributed by atoms with Crippen molar-refractivity contribution in [3.8, 4) is 0 Å². The lowest BCUT2D eigenvalue weighted by atomic mass is 10.1. The van der Waals surface area contributed by atoms with E-state index in [0.717, 1.165) is 10.6 Å². The SMILES string of the molecule is Cc1nn(C)c(C)c1CC(=O)N(Cc1ccco1)CC(F)(F)F. The average molecular weight is 329 g/mol. The third kappa shape index (κ3) is 4.37. The Bertz CT molecular complexity index is 675. The summed E-state index contributed by atoms with van der Waals surface area (Å²) in [4.78, 5) is 13.1. The first-order valence-electron chi connectivity index (χ1n) is 7.03. The fourth-order valence-corrected chi connectivity index (χ4v) is 2.38. The minimum atomic E-state index is -4.47. The second-order valence-corrected chi connectivity index (χ2v) is 5.39. The van der Waals surface area contributed by atoms with E-state index in [1.807, 2.05) is 0 Å². The Morgan fingerprint density at radius 2 is 2.09 bits per heavy atom. The van der Waals surface area contributed by atoms with E-state index in [2.05, 4.69) is 5.10 Å². The van der Waals surface area contributed by atoms with Gasteiger partial charge in [-0.3, -0.25) is 9.48 Å². The number of carbonyl (C=O) groups excluding carboxylic acids is 1. The number of furan rings is 1. The second kappa shape index (κ2) is 6.47. The molecule has 2 rings (SSSR count). The van der Waals surface area contributed by atoms with E-state index >= 15 is 0 Å². The number of halogens is 3. The molecule has 8 heteroatoms. The fraction of sp³-hybridized carbons (Fsp3) is 0.467. The standard InChI is InChI=1S/C15H18F3N3O2/c1-10-13(11(2)20(3)19-10)7-14(22)21(9-15(16,17)18)8-12-5-4-6-23-12/h4-6H,7-9H2,1-3H3. The van der Waals surface area contributed by atoms with Gasteiger partial charge >= 0.3 is 6.18 Å². The van der Waals surface area contributed by atoms with E-state index in [0.29, 0.717) is 17.0 Å². The predicted octanol–water partition coefficient (Wildman–Crippen LogP) is 2.76. The summed E-state index contributed by atoms with van der Waals surface area (Å²) in [6.07, 6.45) is -3.23. The Balaban J connectivity index is 2.18. The van der Waals surface area contributed by atoms with Crippen molar-refractivity contribution in [2.45, 2.75) is 33.0 Å². The molecule has 2 heterocycles. The molecule has 0 unspecified atom stereocenters. The molecule has 0 spiro atoms. The Kier molecular flexibility index (Phi) is 4.82. The Morgan fingerprint density at radius 3 is 2.57 bits per heavy atom. The number of aryl methyl sites for hydroxylation is 2. The summed E-state index contributed by atoms with van der Waals surface area (Å²) in [5.41, 5.74) is 2.06. The molecule has 0 saturated carbocycles. The molecule has 0 atom stereocenters. The maximum absolute atomic E-state index is 12.8. The highest BCUT2D eigenvalue weighted by Gasteiger charge is 2.33. The first kappa shape index (κ1) is 17.1. The zero-order valence-electron chi connectivity index (χ0n) is 13.1. The molecule has 5 nitrogen and oxygen atoms in total. The van der Waals surface area contributed by atoms with Crippen molar-refractivity contribution < 1.29 is 22.4 Å². The summed E-state index contributed by atoms with van der Waals surface area (Å²) in [5.74, 6) is -0.305. The Hall–Kier alpha value is -2.25. The van der Waals surface area contributed by atoms with Gasteiger partial charge in [-0.05, 0) is 26.0 Å². The van der Waals surface area contributed by atoms with E-state index in [9.17, 15) is 18.0 Å². The minimum absolute atomic E-state index is 0.123. The van der Waals surface area contributed by atoms with Crippen molar-refractivity contribution in [1.29, 1.82) is 0 Å².